The molecule has 0 N–H and O–H groups in total. The maximum Gasteiger partial charge on any atom is 0.232 e. The van der Waals surface area contributed by atoms with Crippen LogP contribution in [0, 0.1) is 18.3 Å². The van der Waals surface area contributed by atoms with E-state index in [0.29, 0.717) is 18.7 Å². The number of nitriles is 1. The van der Waals surface area contributed by atoms with E-state index in [1.807, 2.05) is 18.2 Å². The normalized spacial score (nSPS) is 9.83. The molecular weight excluding hydrogens is 244 g/mol. The van der Waals surface area contributed by atoms with Gasteiger partial charge in [-0.1, -0.05) is 24.3 Å². The molecule has 3 nitrogen and oxygen atoms in total. The first-order chi connectivity index (χ1) is 8.65. The van der Waals surface area contributed by atoms with E-state index >= 15 is 0 Å². The summed E-state index contributed by atoms with van der Waals surface area (Å²) in [6.45, 7) is 2.59. The molecule has 96 valence electrons. The first-order valence-corrected chi connectivity index (χ1v) is 7.03. The molecule has 0 bridgehead atoms. The van der Waals surface area contributed by atoms with Gasteiger partial charge in [-0.25, -0.2) is 0 Å². The zero-order valence-corrected chi connectivity index (χ0v) is 11.7. The van der Waals surface area contributed by atoms with Crippen LogP contribution in [0.5, 0.6) is 0 Å². The highest BCUT2D eigenvalue weighted by Crippen LogP contribution is 2.16. The monoisotopic (exact) mass is 262 g/mol. The van der Waals surface area contributed by atoms with E-state index in [0.717, 1.165) is 5.75 Å². The van der Waals surface area contributed by atoms with Crippen LogP contribution in [-0.2, 0) is 10.5 Å². The molecular formula is C14H18N2OS. The molecule has 0 aromatic heterocycles. The lowest BCUT2D eigenvalue weighted by Gasteiger charge is -2.15. The number of hydrogen-bond acceptors (Lipinski definition) is 3. The van der Waals surface area contributed by atoms with E-state index in [9.17, 15) is 4.79 Å². The van der Waals surface area contributed by atoms with Crippen LogP contribution in [-0.4, -0.2) is 30.2 Å². The standard InChI is InChI=1S/C14H18N2OS/c1-12-6-3-4-7-13(12)10-18-11-14(17)16(2)9-5-8-15/h3-4,6-7H,5,9-11H2,1-2H3. The number of amides is 1. The van der Waals surface area contributed by atoms with Gasteiger partial charge in [-0.05, 0) is 18.1 Å². The van der Waals surface area contributed by atoms with Gasteiger partial charge in [0.05, 0.1) is 18.2 Å². The van der Waals surface area contributed by atoms with E-state index in [1.54, 1.807) is 23.7 Å². The zero-order valence-electron chi connectivity index (χ0n) is 10.8. The summed E-state index contributed by atoms with van der Waals surface area (Å²) in [7, 11) is 1.74. The lowest BCUT2D eigenvalue weighted by atomic mass is 10.1. The first-order valence-electron chi connectivity index (χ1n) is 5.88. The average Bonchev–Trinajstić information content (AvgIpc) is 2.38. The van der Waals surface area contributed by atoms with Gasteiger partial charge in [-0.3, -0.25) is 4.79 Å². The SMILES string of the molecule is Cc1ccccc1CSCC(=O)N(C)CCC#N. The molecule has 0 radical (unpaired) electrons. The minimum absolute atomic E-state index is 0.0869. The van der Waals surface area contributed by atoms with Gasteiger partial charge in [-0.15, -0.1) is 11.8 Å². The van der Waals surface area contributed by atoms with Crippen LogP contribution in [0.1, 0.15) is 17.5 Å². The van der Waals surface area contributed by atoms with Crippen molar-refractivity contribution < 1.29 is 4.79 Å². The van der Waals surface area contributed by atoms with E-state index in [2.05, 4.69) is 19.1 Å². The predicted molar refractivity (Wildman–Crippen MR) is 75.2 cm³/mol. The van der Waals surface area contributed by atoms with Crippen LogP contribution in [0.25, 0.3) is 0 Å². The smallest absolute Gasteiger partial charge is 0.232 e. The summed E-state index contributed by atoms with van der Waals surface area (Å²) in [5.41, 5.74) is 2.53. The molecule has 0 fully saturated rings. The molecule has 0 aliphatic heterocycles. The van der Waals surface area contributed by atoms with Crippen molar-refractivity contribution in [3.8, 4) is 6.07 Å². The largest absolute Gasteiger partial charge is 0.344 e. The Hall–Kier alpha value is -1.47. The van der Waals surface area contributed by atoms with Gasteiger partial charge in [-0.2, -0.15) is 5.26 Å². The van der Waals surface area contributed by atoms with Gasteiger partial charge < -0.3 is 4.90 Å². The molecule has 0 aliphatic rings. The quantitative estimate of drug-likeness (QED) is 0.791. The lowest BCUT2D eigenvalue weighted by Crippen LogP contribution is -2.29. The van der Waals surface area contributed by atoms with Gasteiger partial charge in [0.25, 0.3) is 0 Å². The summed E-state index contributed by atoms with van der Waals surface area (Å²) >= 11 is 1.62. The number of hydrogen-bond donors (Lipinski definition) is 0. The van der Waals surface area contributed by atoms with E-state index in [-0.39, 0.29) is 5.91 Å². The molecule has 0 heterocycles. The van der Waals surface area contributed by atoms with Crippen molar-refractivity contribution >= 4 is 17.7 Å². The Morgan fingerprint density at radius 3 is 2.83 bits per heavy atom. The Morgan fingerprint density at radius 2 is 2.17 bits per heavy atom. The predicted octanol–water partition coefficient (Wildman–Crippen LogP) is 2.60. The number of carbonyl (C=O) groups excluding carboxylic acids is 1. The Bertz CT molecular complexity index is 440. The van der Waals surface area contributed by atoms with Gasteiger partial charge in [0.2, 0.25) is 5.91 Å². The van der Waals surface area contributed by atoms with Crippen LogP contribution in [0.2, 0.25) is 0 Å². The molecule has 1 aromatic rings. The maximum absolute atomic E-state index is 11.7. The van der Waals surface area contributed by atoms with Crippen LogP contribution in [0.15, 0.2) is 24.3 Å². The summed E-state index contributed by atoms with van der Waals surface area (Å²) in [6, 6.07) is 10.2. The molecule has 0 unspecified atom stereocenters. The molecule has 0 saturated carbocycles. The highest BCUT2D eigenvalue weighted by Gasteiger charge is 2.08. The second kappa shape index (κ2) is 7.78. The van der Waals surface area contributed by atoms with Crippen molar-refractivity contribution in [2.45, 2.75) is 19.1 Å². The molecule has 0 aliphatic carbocycles. The van der Waals surface area contributed by atoms with E-state index < -0.39 is 0 Å². The topological polar surface area (TPSA) is 44.1 Å². The summed E-state index contributed by atoms with van der Waals surface area (Å²) in [4.78, 5) is 13.3. The van der Waals surface area contributed by atoms with Gasteiger partial charge in [0.15, 0.2) is 0 Å². The van der Waals surface area contributed by atoms with Crippen molar-refractivity contribution in [3.63, 3.8) is 0 Å². The Kier molecular flexibility index (Phi) is 6.31. The second-order valence-corrected chi connectivity index (χ2v) is 5.13. The summed E-state index contributed by atoms with van der Waals surface area (Å²) < 4.78 is 0. The highest BCUT2D eigenvalue weighted by molar-refractivity contribution is 7.99. The number of benzene rings is 1. The molecule has 0 atom stereocenters. The van der Waals surface area contributed by atoms with Gasteiger partial charge in [0, 0.05) is 19.3 Å². The van der Waals surface area contributed by atoms with Gasteiger partial charge >= 0.3 is 0 Å². The third-order valence-corrected chi connectivity index (χ3v) is 3.70. The van der Waals surface area contributed by atoms with Crippen LogP contribution in [0.3, 0.4) is 0 Å². The van der Waals surface area contributed by atoms with Crippen LogP contribution < -0.4 is 0 Å². The fourth-order valence-electron chi connectivity index (χ4n) is 1.47. The zero-order chi connectivity index (χ0) is 13.4. The van der Waals surface area contributed by atoms with Crippen LogP contribution in [0.4, 0.5) is 0 Å². The van der Waals surface area contributed by atoms with Crippen molar-refractivity contribution in [1.29, 1.82) is 5.26 Å². The summed E-state index contributed by atoms with van der Waals surface area (Å²) in [6.07, 6.45) is 0.394. The second-order valence-electron chi connectivity index (χ2n) is 4.14. The Morgan fingerprint density at radius 1 is 1.44 bits per heavy atom. The van der Waals surface area contributed by atoms with Crippen molar-refractivity contribution in [2.75, 3.05) is 19.3 Å². The maximum atomic E-state index is 11.7. The average molecular weight is 262 g/mol. The van der Waals surface area contributed by atoms with E-state index in [4.69, 9.17) is 5.26 Å². The third kappa shape index (κ3) is 4.80. The summed E-state index contributed by atoms with van der Waals surface area (Å²) in [5.74, 6) is 1.41. The van der Waals surface area contributed by atoms with Gasteiger partial charge in [0.1, 0.15) is 0 Å². The molecule has 0 saturated heterocycles. The number of rotatable bonds is 6. The Balaban J connectivity index is 2.32. The first kappa shape index (κ1) is 14.6. The fourth-order valence-corrected chi connectivity index (χ4v) is 2.51. The molecule has 1 rings (SSSR count). The van der Waals surface area contributed by atoms with Crippen molar-refractivity contribution in [2.24, 2.45) is 0 Å². The molecule has 4 heteroatoms. The lowest BCUT2D eigenvalue weighted by molar-refractivity contribution is -0.127. The third-order valence-electron chi connectivity index (χ3n) is 2.73. The molecule has 0 spiro atoms. The highest BCUT2D eigenvalue weighted by atomic mass is 32.2. The van der Waals surface area contributed by atoms with Crippen molar-refractivity contribution in [3.05, 3.63) is 35.4 Å². The Labute approximate surface area is 113 Å². The fraction of sp³-hybridized carbons (Fsp3) is 0.429. The molecule has 18 heavy (non-hydrogen) atoms. The minimum Gasteiger partial charge on any atom is -0.344 e. The number of nitrogens with zero attached hydrogens (tertiary/aromatic N) is 2. The number of thioether (sulfide) groups is 1. The van der Waals surface area contributed by atoms with Crippen molar-refractivity contribution in [1.82, 2.24) is 4.90 Å². The van der Waals surface area contributed by atoms with E-state index in [1.165, 1.54) is 11.1 Å². The minimum atomic E-state index is 0.0869. The molecule has 1 amide bonds. The number of aryl methyl sites for hydroxylation is 1. The molecule has 1 aromatic carbocycles. The number of carbonyl (C=O) groups is 1. The van der Waals surface area contributed by atoms with Crippen LogP contribution >= 0.6 is 11.8 Å². The summed E-state index contributed by atoms with van der Waals surface area (Å²) in [5, 5.41) is 8.46.